The molecule has 0 spiro atoms. The molecule has 25 heavy (non-hydrogen) atoms. The van der Waals surface area contributed by atoms with E-state index in [0.717, 1.165) is 27.4 Å². The lowest BCUT2D eigenvalue weighted by atomic mass is 9.96. The number of halogens is 1. The van der Waals surface area contributed by atoms with Crippen LogP contribution in [-0.2, 0) is 11.2 Å². The molecule has 1 heterocycles. The van der Waals surface area contributed by atoms with Crippen molar-refractivity contribution in [3.05, 3.63) is 81.8 Å². The summed E-state index contributed by atoms with van der Waals surface area (Å²) in [5.41, 5.74) is 2.08. The molecule has 0 fully saturated rings. The Labute approximate surface area is 156 Å². The third kappa shape index (κ3) is 4.47. The van der Waals surface area contributed by atoms with E-state index in [2.05, 4.69) is 10.3 Å². The fourth-order valence-corrected chi connectivity index (χ4v) is 3.77. The van der Waals surface area contributed by atoms with Gasteiger partial charge >= 0.3 is 0 Å². The molecule has 0 saturated heterocycles. The number of benzene rings is 2. The zero-order valence-electron chi connectivity index (χ0n) is 13.9. The second-order valence-corrected chi connectivity index (χ2v) is 7.28. The van der Waals surface area contributed by atoms with E-state index in [1.54, 1.807) is 6.20 Å². The monoisotopic (exact) mass is 370 g/mol. The van der Waals surface area contributed by atoms with Crippen molar-refractivity contribution in [2.75, 3.05) is 5.32 Å². The van der Waals surface area contributed by atoms with Gasteiger partial charge in [0.25, 0.3) is 0 Å². The largest absolute Gasteiger partial charge is 0.301 e. The average Bonchev–Trinajstić information content (AvgIpc) is 3.05. The van der Waals surface area contributed by atoms with Crippen LogP contribution >= 0.6 is 22.9 Å². The van der Waals surface area contributed by atoms with Gasteiger partial charge in [0, 0.05) is 22.5 Å². The van der Waals surface area contributed by atoms with E-state index in [-0.39, 0.29) is 11.8 Å². The van der Waals surface area contributed by atoms with Gasteiger partial charge in [-0.25, -0.2) is 4.98 Å². The molecule has 5 heteroatoms. The molecule has 0 aliphatic rings. The van der Waals surface area contributed by atoms with Crippen LogP contribution in [0.5, 0.6) is 0 Å². The van der Waals surface area contributed by atoms with Crippen LogP contribution in [0.1, 0.15) is 35.3 Å². The van der Waals surface area contributed by atoms with Gasteiger partial charge in [0.2, 0.25) is 5.91 Å². The van der Waals surface area contributed by atoms with Crippen LogP contribution in [0, 0.1) is 0 Å². The minimum atomic E-state index is -0.169. The molecule has 0 radical (unpaired) electrons. The van der Waals surface area contributed by atoms with Crippen molar-refractivity contribution in [1.82, 2.24) is 4.98 Å². The highest BCUT2D eigenvalue weighted by Crippen LogP contribution is 2.26. The molecule has 0 saturated carbocycles. The second-order valence-electron chi connectivity index (χ2n) is 5.76. The molecule has 3 nitrogen and oxygen atoms in total. The van der Waals surface area contributed by atoms with Crippen LogP contribution < -0.4 is 5.32 Å². The zero-order valence-corrected chi connectivity index (χ0v) is 15.5. The lowest BCUT2D eigenvalue weighted by Crippen LogP contribution is -2.20. The third-order valence-electron chi connectivity index (χ3n) is 4.03. The standard InChI is InChI=1S/C20H19ClN2OS/c1-2-17(14-8-4-3-5-9-14)19(24)23-20-22-13-16(25-20)12-15-10-6-7-11-18(15)21/h3-11,13,17H,2,12H2,1H3,(H,22,23,24)/t17-/m1/s1. The van der Waals surface area contributed by atoms with Crippen LogP contribution in [0.25, 0.3) is 0 Å². The Morgan fingerprint density at radius 2 is 1.88 bits per heavy atom. The van der Waals surface area contributed by atoms with E-state index in [0.29, 0.717) is 11.6 Å². The highest BCUT2D eigenvalue weighted by Gasteiger charge is 2.19. The molecule has 0 bridgehead atoms. The molecule has 1 atom stereocenters. The molecule has 1 amide bonds. The van der Waals surface area contributed by atoms with Crippen LogP contribution in [-0.4, -0.2) is 10.9 Å². The normalized spacial score (nSPS) is 11.9. The van der Waals surface area contributed by atoms with Gasteiger partial charge in [0.05, 0.1) is 5.92 Å². The second kappa shape index (κ2) is 8.28. The summed E-state index contributed by atoms with van der Waals surface area (Å²) in [6.45, 7) is 2.02. The number of thiazole rings is 1. The Morgan fingerprint density at radius 1 is 1.16 bits per heavy atom. The fraction of sp³-hybridized carbons (Fsp3) is 0.200. The smallest absolute Gasteiger partial charge is 0.233 e. The van der Waals surface area contributed by atoms with E-state index >= 15 is 0 Å². The van der Waals surface area contributed by atoms with Crippen LogP contribution in [0.4, 0.5) is 5.13 Å². The Morgan fingerprint density at radius 3 is 2.60 bits per heavy atom. The molecule has 0 aliphatic carbocycles. The summed E-state index contributed by atoms with van der Waals surface area (Å²) < 4.78 is 0. The van der Waals surface area contributed by atoms with E-state index in [4.69, 9.17) is 11.6 Å². The summed E-state index contributed by atoms with van der Waals surface area (Å²) in [5, 5.41) is 4.32. The summed E-state index contributed by atoms with van der Waals surface area (Å²) in [7, 11) is 0. The first-order valence-corrected chi connectivity index (χ1v) is 9.40. The first-order chi connectivity index (χ1) is 12.2. The van der Waals surface area contributed by atoms with E-state index < -0.39 is 0 Å². The zero-order chi connectivity index (χ0) is 17.6. The fourth-order valence-electron chi connectivity index (χ4n) is 2.73. The maximum atomic E-state index is 12.6. The number of hydrogen-bond acceptors (Lipinski definition) is 3. The van der Waals surface area contributed by atoms with Crippen LogP contribution in [0.15, 0.2) is 60.8 Å². The molecule has 128 valence electrons. The lowest BCUT2D eigenvalue weighted by Gasteiger charge is -2.14. The van der Waals surface area contributed by atoms with Crippen LogP contribution in [0.2, 0.25) is 5.02 Å². The van der Waals surface area contributed by atoms with Gasteiger partial charge in [-0.15, -0.1) is 11.3 Å². The van der Waals surface area contributed by atoms with Crippen molar-refractivity contribution in [2.45, 2.75) is 25.7 Å². The number of aromatic nitrogens is 1. The van der Waals surface area contributed by atoms with E-state index in [9.17, 15) is 4.79 Å². The predicted molar refractivity (Wildman–Crippen MR) is 104 cm³/mol. The van der Waals surface area contributed by atoms with Crippen molar-refractivity contribution < 1.29 is 4.79 Å². The number of amides is 1. The highest BCUT2D eigenvalue weighted by atomic mass is 35.5. The Kier molecular flexibility index (Phi) is 5.84. The van der Waals surface area contributed by atoms with Crippen LogP contribution in [0.3, 0.4) is 0 Å². The quantitative estimate of drug-likeness (QED) is 0.620. The number of carbonyl (C=O) groups is 1. The maximum absolute atomic E-state index is 12.6. The van der Waals surface area contributed by atoms with Gasteiger partial charge in [-0.1, -0.05) is 67.1 Å². The van der Waals surface area contributed by atoms with E-state index in [1.807, 2.05) is 61.5 Å². The van der Waals surface area contributed by atoms with E-state index in [1.165, 1.54) is 11.3 Å². The number of nitrogens with zero attached hydrogens (tertiary/aromatic N) is 1. The van der Waals surface area contributed by atoms with Gasteiger partial charge in [-0.3, -0.25) is 4.79 Å². The van der Waals surface area contributed by atoms with Crippen molar-refractivity contribution in [1.29, 1.82) is 0 Å². The van der Waals surface area contributed by atoms with Gasteiger partial charge in [-0.2, -0.15) is 0 Å². The molecular formula is C20H19ClN2OS. The molecule has 1 aromatic heterocycles. The number of carbonyl (C=O) groups excluding carboxylic acids is 1. The predicted octanol–water partition coefficient (Wildman–Crippen LogP) is 5.52. The molecule has 3 aromatic rings. The SMILES string of the molecule is CC[C@@H](C(=O)Nc1ncc(Cc2ccccc2Cl)s1)c1ccccc1. The lowest BCUT2D eigenvalue weighted by molar-refractivity contribution is -0.117. The van der Waals surface area contributed by atoms with Crippen molar-refractivity contribution in [2.24, 2.45) is 0 Å². The average molecular weight is 371 g/mol. The minimum absolute atomic E-state index is 0.0210. The minimum Gasteiger partial charge on any atom is -0.301 e. The summed E-state index contributed by atoms with van der Waals surface area (Å²) in [6.07, 6.45) is 3.25. The molecule has 1 N–H and O–H groups in total. The van der Waals surface area contributed by atoms with Crippen molar-refractivity contribution in [3.8, 4) is 0 Å². The molecule has 3 rings (SSSR count). The third-order valence-corrected chi connectivity index (χ3v) is 5.31. The first kappa shape index (κ1) is 17.6. The van der Waals surface area contributed by atoms with Gasteiger partial charge in [-0.05, 0) is 23.6 Å². The summed E-state index contributed by atoms with van der Waals surface area (Å²) >= 11 is 7.69. The summed E-state index contributed by atoms with van der Waals surface area (Å²) in [5.74, 6) is -0.190. The number of hydrogen-bond donors (Lipinski definition) is 1. The number of nitrogens with one attached hydrogen (secondary N) is 1. The Balaban J connectivity index is 1.68. The topological polar surface area (TPSA) is 42.0 Å². The Hall–Kier alpha value is -2.17. The highest BCUT2D eigenvalue weighted by molar-refractivity contribution is 7.15. The maximum Gasteiger partial charge on any atom is 0.233 e. The Bertz CT molecular complexity index is 848. The van der Waals surface area contributed by atoms with Gasteiger partial charge < -0.3 is 5.32 Å². The molecular weight excluding hydrogens is 352 g/mol. The molecule has 0 aliphatic heterocycles. The molecule has 2 aromatic carbocycles. The van der Waals surface area contributed by atoms with Gasteiger partial charge in [0.1, 0.15) is 0 Å². The molecule has 0 unspecified atom stereocenters. The van der Waals surface area contributed by atoms with Crippen molar-refractivity contribution in [3.63, 3.8) is 0 Å². The summed E-state index contributed by atoms with van der Waals surface area (Å²) in [6, 6.07) is 17.6. The number of rotatable bonds is 6. The van der Waals surface area contributed by atoms with Gasteiger partial charge in [0.15, 0.2) is 5.13 Å². The first-order valence-electron chi connectivity index (χ1n) is 8.21. The van der Waals surface area contributed by atoms with Crippen molar-refractivity contribution >= 4 is 34.0 Å². The summed E-state index contributed by atoms with van der Waals surface area (Å²) in [4.78, 5) is 18.0. The number of anilines is 1.